The Kier molecular flexibility index (Phi) is 6.94. The van der Waals surface area contributed by atoms with Gasteiger partial charge in [0, 0.05) is 44.2 Å². The number of nitrogens with zero attached hydrogens (tertiary/aromatic N) is 5. The molecule has 2 amide bonds. The van der Waals surface area contributed by atoms with Gasteiger partial charge >= 0.3 is 0 Å². The second-order valence-corrected chi connectivity index (χ2v) is 9.35. The molecule has 4 rings (SSSR count). The van der Waals surface area contributed by atoms with Crippen LogP contribution in [0.4, 0.5) is 5.82 Å². The van der Waals surface area contributed by atoms with E-state index < -0.39 is 0 Å². The van der Waals surface area contributed by atoms with Crippen LogP contribution in [0.1, 0.15) is 26.7 Å². The number of carbonyl (C=O) groups excluding carboxylic acids is 2. The number of halogens is 1. The van der Waals surface area contributed by atoms with Gasteiger partial charge in [0.1, 0.15) is 0 Å². The standard InChI is InChI=1S/C24H30ClN5O2/c1-17(2)24(32)30(15-18-7-8-18)16-23(31)29-13-11-28(12-14-29)22-10-9-21(26-27-22)19-5-3-4-6-20(19)25/h3-6,9-10,17-18H,7-8,11-16H2,1-2H3. The number of rotatable bonds is 7. The lowest BCUT2D eigenvalue weighted by Crippen LogP contribution is -2.52. The van der Waals surface area contributed by atoms with Gasteiger partial charge in [-0.15, -0.1) is 10.2 Å². The first-order valence-corrected chi connectivity index (χ1v) is 11.7. The SMILES string of the molecule is CC(C)C(=O)N(CC(=O)N1CCN(c2ccc(-c3ccccc3Cl)nn2)CC1)CC1CC1. The molecule has 0 radical (unpaired) electrons. The van der Waals surface area contributed by atoms with Gasteiger partial charge in [0.2, 0.25) is 11.8 Å². The van der Waals surface area contributed by atoms with Gasteiger partial charge in [-0.05, 0) is 37.0 Å². The number of anilines is 1. The lowest BCUT2D eigenvalue weighted by molar-refractivity contribution is -0.142. The van der Waals surface area contributed by atoms with Crippen molar-refractivity contribution in [3.05, 3.63) is 41.4 Å². The van der Waals surface area contributed by atoms with E-state index in [0.29, 0.717) is 43.7 Å². The van der Waals surface area contributed by atoms with Crippen LogP contribution in [0.2, 0.25) is 5.02 Å². The van der Waals surface area contributed by atoms with Crippen molar-refractivity contribution in [2.24, 2.45) is 11.8 Å². The Labute approximate surface area is 194 Å². The minimum Gasteiger partial charge on any atom is -0.352 e. The average molecular weight is 456 g/mol. The zero-order valence-electron chi connectivity index (χ0n) is 18.7. The van der Waals surface area contributed by atoms with Crippen LogP contribution in [0.15, 0.2) is 36.4 Å². The zero-order chi connectivity index (χ0) is 22.7. The molecule has 1 aromatic heterocycles. The fraction of sp³-hybridized carbons (Fsp3) is 0.500. The molecular formula is C24H30ClN5O2. The summed E-state index contributed by atoms with van der Waals surface area (Å²) >= 11 is 6.26. The van der Waals surface area contributed by atoms with Crippen molar-refractivity contribution in [1.82, 2.24) is 20.0 Å². The van der Waals surface area contributed by atoms with Crippen molar-refractivity contribution in [2.75, 3.05) is 44.2 Å². The third-order valence-corrected chi connectivity index (χ3v) is 6.39. The fourth-order valence-electron chi connectivity index (χ4n) is 3.96. The van der Waals surface area contributed by atoms with Gasteiger partial charge in [-0.1, -0.05) is 43.6 Å². The first kappa shape index (κ1) is 22.5. The molecule has 1 aromatic carbocycles. The Hall–Kier alpha value is -2.67. The number of aromatic nitrogens is 2. The highest BCUT2D eigenvalue weighted by molar-refractivity contribution is 6.33. The minimum absolute atomic E-state index is 0.0273. The first-order chi connectivity index (χ1) is 15.4. The van der Waals surface area contributed by atoms with Crippen molar-refractivity contribution in [2.45, 2.75) is 26.7 Å². The van der Waals surface area contributed by atoms with Crippen LogP contribution in [0.5, 0.6) is 0 Å². The van der Waals surface area contributed by atoms with Gasteiger partial charge in [-0.3, -0.25) is 9.59 Å². The summed E-state index contributed by atoms with van der Waals surface area (Å²) < 4.78 is 0. The number of hydrogen-bond acceptors (Lipinski definition) is 5. The molecule has 0 bridgehead atoms. The number of benzene rings is 1. The van der Waals surface area contributed by atoms with Gasteiger partial charge < -0.3 is 14.7 Å². The molecule has 1 aliphatic carbocycles. The molecule has 0 atom stereocenters. The van der Waals surface area contributed by atoms with E-state index in [2.05, 4.69) is 15.1 Å². The summed E-state index contributed by atoms with van der Waals surface area (Å²) in [6.07, 6.45) is 2.32. The zero-order valence-corrected chi connectivity index (χ0v) is 19.5. The quantitative estimate of drug-likeness (QED) is 0.640. The van der Waals surface area contributed by atoms with E-state index in [1.54, 1.807) is 4.90 Å². The molecule has 0 spiro atoms. The third-order valence-electron chi connectivity index (χ3n) is 6.06. The summed E-state index contributed by atoms with van der Waals surface area (Å²) in [5.41, 5.74) is 1.59. The van der Waals surface area contributed by atoms with E-state index in [9.17, 15) is 9.59 Å². The van der Waals surface area contributed by atoms with Gasteiger partial charge in [-0.25, -0.2) is 0 Å². The van der Waals surface area contributed by atoms with Crippen LogP contribution in [-0.2, 0) is 9.59 Å². The average Bonchev–Trinajstić information content (AvgIpc) is 3.63. The van der Waals surface area contributed by atoms with Gasteiger partial charge in [0.15, 0.2) is 5.82 Å². The molecule has 2 fully saturated rings. The maximum Gasteiger partial charge on any atom is 0.242 e. The van der Waals surface area contributed by atoms with Crippen molar-refractivity contribution in [3.8, 4) is 11.3 Å². The molecule has 2 heterocycles. The highest BCUT2D eigenvalue weighted by atomic mass is 35.5. The largest absolute Gasteiger partial charge is 0.352 e. The molecule has 0 N–H and O–H groups in total. The smallest absolute Gasteiger partial charge is 0.242 e. The monoisotopic (exact) mass is 455 g/mol. The van der Waals surface area contributed by atoms with Gasteiger partial charge in [-0.2, -0.15) is 0 Å². The molecule has 7 nitrogen and oxygen atoms in total. The van der Waals surface area contributed by atoms with Gasteiger partial charge in [0.25, 0.3) is 0 Å². The lowest BCUT2D eigenvalue weighted by Gasteiger charge is -2.36. The second kappa shape index (κ2) is 9.86. The normalized spacial score (nSPS) is 16.4. The van der Waals surface area contributed by atoms with Crippen molar-refractivity contribution in [3.63, 3.8) is 0 Å². The highest BCUT2D eigenvalue weighted by Gasteiger charge is 2.31. The van der Waals surface area contributed by atoms with E-state index in [1.807, 2.05) is 55.1 Å². The second-order valence-electron chi connectivity index (χ2n) is 8.94. The number of amides is 2. The Morgan fingerprint density at radius 3 is 2.38 bits per heavy atom. The number of hydrogen-bond donors (Lipinski definition) is 0. The lowest BCUT2D eigenvalue weighted by atomic mass is 10.1. The topological polar surface area (TPSA) is 69.6 Å². The van der Waals surface area contributed by atoms with Crippen LogP contribution in [-0.4, -0.2) is 71.1 Å². The van der Waals surface area contributed by atoms with Crippen molar-refractivity contribution in [1.29, 1.82) is 0 Å². The van der Waals surface area contributed by atoms with E-state index in [-0.39, 0.29) is 24.3 Å². The molecule has 1 saturated carbocycles. The Morgan fingerprint density at radius 2 is 1.78 bits per heavy atom. The van der Waals surface area contributed by atoms with Gasteiger partial charge in [0.05, 0.1) is 17.3 Å². The fourth-order valence-corrected chi connectivity index (χ4v) is 4.20. The minimum atomic E-state index is -0.0919. The highest BCUT2D eigenvalue weighted by Crippen LogP contribution is 2.30. The molecule has 32 heavy (non-hydrogen) atoms. The summed E-state index contributed by atoms with van der Waals surface area (Å²) in [6, 6.07) is 11.4. The maximum absolute atomic E-state index is 12.9. The summed E-state index contributed by atoms with van der Waals surface area (Å²) in [4.78, 5) is 31.2. The van der Waals surface area contributed by atoms with Crippen LogP contribution in [0, 0.1) is 11.8 Å². The van der Waals surface area contributed by atoms with Crippen molar-refractivity contribution >= 4 is 29.2 Å². The summed E-state index contributed by atoms with van der Waals surface area (Å²) in [5, 5.41) is 9.37. The first-order valence-electron chi connectivity index (χ1n) is 11.3. The van der Waals surface area contributed by atoms with Crippen LogP contribution in [0.25, 0.3) is 11.3 Å². The molecule has 0 unspecified atom stereocenters. The molecule has 170 valence electrons. The molecule has 2 aliphatic rings. The predicted octanol–water partition coefficient (Wildman–Crippen LogP) is 3.34. The maximum atomic E-state index is 12.9. The third kappa shape index (κ3) is 5.38. The Morgan fingerprint density at radius 1 is 1.06 bits per heavy atom. The molecular weight excluding hydrogens is 426 g/mol. The van der Waals surface area contributed by atoms with E-state index in [1.165, 1.54) is 0 Å². The summed E-state index contributed by atoms with van der Waals surface area (Å²) in [6.45, 7) is 7.27. The number of carbonyl (C=O) groups is 2. The van der Waals surface area contributed by atoms with Crippen molar-refractivity contribution < 1.29 is 9.59 Å². The van der Waals surface area contributed by atoms with E-state index in [0.717, 1.165) is 29.9 Å². The molecule has 1 saturated heterocycles. The summed E-state index contributed by atoms with van der Waals surface area (Å²) in [5.74, 6) is 1.36. The van der Waals surface area contributed by atoms with Crippen LogP contribution >= 0.6 is 11.6 Å². The molecule has 2 aromatic rings. The molecule has 1 aliphatic heterocycles. The van der Waals surface area contributed by atoms with Crippen LogP contribution < -0.4 is 4.90 Å². The Balaban J connectivity index is 1.32. The predicted molar refractivity (Wildman–Crippen MR) is 125 cm³/mol. The van der Waals surface area contributed by atoms with E-state index in [4.69, 9.17) is 11.6 Å². The Bertz CT molecular complexity index is 953. The number of piperazine rings is 1. The molecule has 8 heteroatoms. The van der Waals surface area contributed by atoms with Crippen LogP contribution in [0.3, 0.4) is 0 Å². The van der Waals surface area contributed by atoms with E-state index >= 15 is 0 Å². The summed E-state index contributed by atoms with van der Waals surface area (Å²) in [7, 11) is 0.